The summed E-state index contributed by atoms with van der Waals surface area (Å²) in [7, 11) is 0. The standard InChI is InChI=1S/C21H20F2N2O2/c1-21(2)11-16(10-17(26)12-21)24-18-5-3-4-6-19(18)25-20(27)13-7-14(22)9-15(23)8-13/h3-10,24H,11-12H2,1-2H3,(H,25,27). The van der Waals surface area contributed by atoms with Crippen LogP contribution < -0.4 is 10.6 Å². The second-order valence-electron chi connectivity index (χ2n) is 7.44. The van der Waals surface area contributed by atoms with Crippen molar-refractivity contribution in [3.05, 3.63) is 71.4 Å². The van der Waals surface area contributed by atoms with Gasteiger partial charge in [-0.05, 0) is 36.1 Å². The first kappa shape index (κ1) is 18.8. The van der Waals surface area contributed by atoms with E-state index in [0.29, 0.717) is 30.3 Å². The fraction of sp³-hybridized carbons (Fsp3) is 0.238. The monoisotopic (exact) mass is 370 g/mol. The van der Waals surface area contributed by atoms with Gasteiger partial charge < -0.3 is 10.6 Å². The number of nitrogens with one attached hydrogen (secondary N) is 2. The van der Waals surface area contributed by atoms with Crippen LogP contribution in [0.2, 0.25) is 0 Å². The van der Waals surface area contributed by atoms with Gasteiger partial charge >= 0.3 is 0 Å². The molecule has 4 nitrogen and oxygen atoms in total. The van der Waals surface area contributed by atoms with Gasteiger partial charge in [0.15, 0.2) is 5.78 Å². The van der Waals surface area contributed by atoms with Crippen molar-refractivity contribution in [2.45, 2.75) is 26.7 Å². The number of benzene rings is 2. The van der Waals surface area contributed by atoms with Crippen LogP contribution in [-0.2, 0) is 4.79 Å². The Morgan fingerprint density at radius 1 is 1.00 bits per heavy atom. The third-order valence-corrected chi connectivity index (χ3v) is 4.25. The van der Waals surface area contributed by atoms with E-state index in [-0.39, 0.29) is 16.8 Å². The van der Waals surface area contributed by atoms with Gasteiger partial charge in [-0.25, -0.2) is 8.78 Å². The number of halogens is 2. The lowest BCUT2D eigenvalue weighted by molar-refractivity contribution is -0.117. The third-order valence-electron chi connectivity index (χ3n) is 4.25. The summed E-state index contributed by atoms with van der Waals surface area (Å²) >= 11 is 0. The Hall–Kier alpha value is -3.02. The normalized spacial score (nSPS) is 15.9. The quantitative estimate of drug-likeness (QED) is 0.805. The number of allylic oxidation sites excluding steroid dienone is 2. The van der Waals surface area contributed by atoms with Crippen LogP contribution in [0.25, 0.3) is 0 Å². The van der Waals surface area contributed by atoms with E-state index in [1.165, 1.54) is 0 Å². The molecular formula is C21H20F2N2O2. The summed E-state index contributed by atoms with van der Waals surface area (Å²) in [4.78, 5) is 24.3. The molecule has 1 aliphatic carbocycles. The highest BCUT2D eigenvalue weighted by molar-refractivity contribution is 6.06. The van der Waals surface area contributed by atoms with Gasteiger partial charge in [0.25, 0.3) is 5.91 Å². The Bertz CT molecular complexity index is 915. The van der Waals surface area contributed by atoms with Crippen LogP contribution in [0.15, 0.2) is 54.2 Å². The molecule has 0 radical (unpaired) electrons. The number of hydrogen-bond donors (Lipinski definition) is 2. The molecule has 0 saturated carbocycles. The first-order valence-electron chi connectivity index (χ1n) is 8.59. The number of rotatable bonds is 4. The number of para-hydroxylation sites is 2. The zero-order valence-corrected chi connectivity index (χ0v) is 15.1. The molecule has 1 aliphatic rings. The number of carbonyl (C=O) groups is 2. The van der Waals surface area contributed by atoms with Crippen molar-refractivity contribution in [2.75, 3.05) is 10.6 Å². The van der Waals surface area contributed by atoms with Gasteiger partial charge in [0.2, 0.25) is 0 Å². The molecule has 0 heterocycles. The van der Waals surface area contributed by atoms with Crippen molar-refractivity contribution in [1.82, 2.24) is 0 Å². The van der Waals surface area contributed by atoms with E-state index in [0.717, 1.165) is 17.8 Å². The zero-order valence-electron chi connectivity index (χ0n) is 15.1. The summed E-state index contributed by atoms with van der Waals surface area (Å²) in [5.41, 5.74) is 1.54. The van der Waals surface area contributed by atoms with Crippen LogP contribution >= 0.6 is 0 Å². The van der Waals surface area contributed by atoms with E-state index in [2.05, 4.69) is 10.6 Å². The zero-order chi connectivity index (χ0) is 19.6. The highest BCUT2D eigenvalue weighted by Gasteiger charge is 2.27. The second-order valence-corrected chi connectivity index (χ2v) is 7.44. The van der Waals surface area contributed by atoms with E-state index < -0.39 is 17.5 Å². The molecule has 0 aromatic heterocycles. The predicted molar refractivity (Wildman–Crippen MR) is 100 cm³/mol. The van der Waals surface area contributed by atoms with Gasteiger partial charge in [-0.1, -0.05) is 26.0 Å². The Balaban J connectivity index is 1.82. The van der Waals surface area contributed by atoms with Gasteiger partial charge in [0.05, 0.1) is 11.4 Å². The predicted octanol–water partition coefficient (Wildman–Crippen LogP) is 4.90. The molecule has 1 amide bonds. The summed E-state index contributed by atoms with van der Waals surface area (Å²) in [6.45, 7) is 4.04. The first-order valence-corrected chi connectivity index (χ1v) is 8.59. The lowest BCUT2D eigenvalue weighted by atomic mass is 9.79. The molecule has 0 unspecified atom stereocenters. The highest BCUT2D eigenvalue weighted by Crippen LogP contribution is 2.35. The minimum Gasteiger partial charge on any atom is -0.357 e. The SMILES string of the molecule is CC1(C)CC(=O)C=C(Nc2ccccc2NC(=O)c2cc(F)cc(F)c2)C1. The number of carbonyl (C=O) groups excluding carboxylic acids is 2. The Morgan fingerprint density at radius 3 is 2.26 bits per heavy atom. The molecule has 0 atom stereocenters. The third kappa shape index (κ3) is 4.78. The lowest BCUT2D eigenvalue weighted by Crippen LogP contribution is -2.24. The van der Waals surface area contributed by atoms with E-state index in [4.69, 9.17) is 0 Å². The molecule has 0 bridgehead atoms. The molecule has 140 valence electrons. The number of anilines is 2. The summed E-state index contributed by atoms with van der Waals surface area (Å²) in [6, 6.07) is 9.60. The Labute approximate surface area is 156 Å². The maximum absolute atomic E-state index is 13.4. The van der Waals surface area contributed by atoms with Crippen molar-refractivity contribution in [2.24, 2.45) is 5.41 Å². The van der Waals surface area contributed by atoms with Crippen LogP contribution in [-0.4, -0.2) is 11.7 Å². The second kappa shape index (κ2) is 7.31. The maximum Gasteiger partial charge on any atom is 0.255 e. The lowest BCUT2D eigenvalue weighted by Gasteiger charge is -2.29. The van der Waals surface area contributed by atoms with Gasteiger partial charge in [-0.2, -0.15) is 0 Å². The summed E-state index contributed by atoms with van der Waals surface area (Å²) < 4.78 is 26.7. The molecule has 0 fully saturated rings. The molecule has 0 aliphatic heterocycles. The van der Waals surface area contributed by atoms with Crippen molar-refractivity contribution < 1.29 is 18.4 Å². The van der Waals surface area contributed by atoms with Crippen LogP contribution in [0.3, 0.4) is 0 Å². The molecule has 0 spiro atoms. The topological polar surface area (TPSA) is 58.2 Å². The van der Waals surface area contributed by atoms with E-state index in [1.807, 2.05) is 13.8 Å². The first-order chi connectivity index (χ1) is 12.7. The van der Waals surface area contributed by atoms with Gasteiger partial charge in [0.1, 0.15) is 11.6 Å². The van der Waals surface area contributed by atoms with E-state index >= 15 is 0 Å². The minimum atomic E-state index is -0.820. The Kier molecular flexibility index (Phi) is 5.08. The highest BCUT2D eigenvalue weighted by atomic mass is 19.1. The Morgan fingerprint density at radius 2 is 1.63 bits per heavy atom. The van der Waals surface area contributed by atoms with Crippen LogP contribution in [0.5, 0.6) is 0 Å². The average molecular weight is 370 g/mol. The maximum atomic E-state index is 13.4. The van der Waals surface area contributed by atoms with Crippen LogP contribution in [0.4, 0.5) is 20.2 Å². The fourth-order valence-corrected chi connectivity index (χ4v) is 3.18. The molecule has 2 aromatic rings. The fourth-order valence-electron chi connectivity index (χ4n) is 3.18. The molecular weight excluding hydrogens is 350 g/mol. The number of amides is 1. The van der Waals surface area contributed by atoms with Gasteiger partial charge in [-0.15, -0.1) is 0 Å². The summed E-state index contributed by atoms with van der Waals surface area (Å²) in [5, 5.41) is 5.85. The molecule has 0 saturated heterocycles. The molecule has 2 N–H and O–H groups in total. The average Bonchev–Trinajstić information content (AvgIpc) is 2.53. The number of ketones is 1. The molecule has 27 heavy (non-hydrogen) atoms. The van der Waals surface area contributed by atoms with E-state index in [1.54, 1.807) is 30.3 Å². The summed E-state index contributed by atoms with van der Waals surface area (Å²) in [6.07, 6.45) is 2.75. The minimum absolute atomic E-state index is 0.0468. The molecule has 6 heteroatoms. The van der Waals surface area contributed by atoms with Crippen molar-refractivity contribution in [3.63, 3.8) is 0 Å². The van der Waals surface area contributed by atoms with Crippen molar-refractivity contribution in [3.8, 4) is 0 Å². The largest absolute Gasteiger partial charge is 0.357 e. The van der Waals surface area contributed by atoms with Crippen molar-refractivity contribution >= 4 is 23.1 Å². The van der Waals surface area contributed by atoms with Gasteiger partial charge in [0, 0.05) is 29.8 Å². The smallest absolute Gasteiger partial charge is 0.255 e. The van der Waals surface area contributed by atoms with Crippen LogP contribution in [0.1, 0.15) is 37.0 Å². The molecule has 3 rings (SSSR count). The van der Waals surface area contributed by atoms with Crippen molar-refractivity contribution in [1.29, 1.82) is 0 Å². The molecule has 2 aromatic carbocycles. The number of hydrogen-bond acceptors (Lipinski definition) is 3. The van der Waals surface area contributed by atoms with Crippen LogP contribution in [0, 0.1) is 17.0 Å². The summed E-state index contributed by atoms with van der Waals surface area (Å²) in [5.74, 6) is -2.22. The van der Waals surface area contributed by atoms with Gasteiger partial charge in [-0.3, -0.25) is 9.59 Å². The van der Waals surface area contributed by atoms with E-state index in [9.17, 15) is 18.4 Å².